The van der Waals surface area contributed by atoms with Gasteiger partial charge in [0.1, 0.15) is 11.2 Å². The van der Waals surface area contributed by atoms with Crippen molar-refractivity contribution in [2.45, 2.75) is 19.1 Å². The van der Waals surface area contributed by atoms with Gasteiger partial charge in [-0.25, -0.2) is 4.98 Å². The van der Waals surface area contributed by atoms with E-state index in [0.29, 0.717) is 6.20 Å². The van der Waals surface area contributed by atoms with Crippen molar-refractivity contribution in [1.29, 1.82) is 0 Å². The molecule has 0 saturated carbocycles. The van der Waals surface area contributed by atoms with Crippen LogP contribution in [-0.2, 0) is 15.7 Å². The number of halogens is 4. The van der Waals surface area contributed by atoms with Crippen LogP contribution in [-0.4, -0.2) is 35.3 Å². The molecule has 2 heterocycles. The summed E-state index contributed by atoms with van der Waals surface area (Å²) in [4.78, 5) is 14.9. The summed E-state index contributed by atoms with van der Waals surface area (Å²) in [7, 11) is 0. The zero-order valence-corrected chi connectivity index (χ0v) is 11.6. The molecule has 5 nitrogen and oxygen atoms in total. The molecule has 1 aliphatic rings. The van der Waals surface area contributed by atoms with Crippen LogP contribution in [0.4, 0.5) is 19.0 Å². The van der Waals surface area contributed by atoms with Gasteiger partial charge in [-0.05, 0) is 13.0 Å². The fourth-order valence-corrected chi connectivity index (χ4v) is 2.17. The van der Waals surface area contributed by atoms with E-state index in [9.17, 15) is 23.1 Å². The summed E-state index contributed by atoms with van der Waals surface area (Å²) in [6.45, 7) is 1.58. The molecular weight excluding hydrogens is 313 g/mol. The molecule has 0 amide bonds. The molecule has 1 aromatic rings. The molecule has 1 fully saturated rings. The van der Waals surface area contributed by atoms with Crippen LogP contribution < -0.4 is 5.32 Å². The number of hydrogen-bond donors (Lipinski definition) is 2. The first-order valence-electron chi connectivity index (χ1n) is 5.95. The average molecular weight is 325 g/mol. The van der Waals surface area contributed by atoms with Crippen LogP contribution in [0.15, 0.2) is 12.3 Å². The van der Waals surface area contributed by atoms with Crippen molar-refractivity contribution in [3.8, 4) is 0 Å². The van der Waals surface area contributed by atoms with Crippen molar-refractivity contribution in [2.24, 2.45) is 5.41 Å². The largest absolute Gasteiger partial charge is 0.481 e. The highest BCUT2D eigenvalue weighted by Gasteiger charge is 2.47. The number of aliphatic carboxylic acids is 1. The number of hydrogen-bond acceptors (Lipinski definition) is 4. The van der Waals surface area contributed by atoms with E-state index in [4.69, 9.17) is 16.3 Å². The minimum atomic E-state index is -4.54. The number of carboxylic acid groups (broad SMARTS) is 1. The minimum absolute atomic E-state index is 0.00173. The van der Waals surface area contributed by atoms with Gasteiger partial charge >= 0.3 is 12.1 Å². The topological polar surface area (TPSA) is 71.5 Å². The quantitative estimate of drug-likeness (QED) is 0.894. The standard InChI is InChI=1S/C12H12ClF3N2O3/c1-11(10(19)20)5-21-4-8(11)18-9-7(13)2-6(3-17-9)12(14,15)16/h2-3,8H,4-5H2,1H3,(H,17,18)(H,19,20). The van der Waals surface area contributed by atoms with Gasteiger partial charge in [-0.1, -0.05) is 11.6 Å². The number of nitrogens with zero attached hydrogens (tertiary/aromatic N) is 1. The molecule has 0 spiro atoms. The monoisotopic (exact) mass is 324 g/mol. The van der Waals surface area contributed by atoms with Crippen molar-refractivity contribution >= 4 is 23.4 Å². The van der Waals surface area contributed by atoms with E-state index in [0.717, 1.165) is 6.07 Å². The Morgan fingerprint density at radius 2 is 2.29 bits per heavy atom. The first-order valence-corrected chi connectivity index (χ1v) is 6.33. The van der Waals surface area contributed by atoms with E-state index in [1.165, 1.54) is 6.92 Å². The second kappa shape index (κ2) is 5.34. The molecule has 1 saturated heterocycles. The molecule has 1 aromatic heterocycles. The molecule has 2 N–H and O–H groups in total. The smallest absolute Gasteiger partial charge is 0.417 e. The summed E-state index contributed by atoms with van der Waals surface area (Å²) in [5.41, 5.74) is -2.17. The molecule has 1 aliphatic heterocycles. The Bertz CT molecular complexity index is 567. The van der Waals surface area contributed by atoms with Crippen molar-refractivity contribution < 1.29 is 27.8 Å². The molecule has 2 atom stereocenters. The van der Waals surface area contributed by atoms with Gasteiger partial charge in [-0.15, -0.1) is 0 Å². The summed E-state index contributed by atoms with van der Waals surface area (Å²) in [6.07, 6.45) is -3.90. The normalized spacial score (nSPS) is 25.9. The highest BCUT2D eigenvalue weighted by atomic mass is 35.5. The molecule has 2 unspecified atom stereocenters. The zero-order valence-electron chi connectivity index (χ0n) is 10.9. The van der Waals surface area contributed by atoms with E-state index in [1.807, 2.05) is 0 Å². The average Bonchev–Trinajstić information content (AvgIpc) is 2.73. The summed E-state index contributed by atoms with van der Waals surface area (Å²) < 4.78 is 42.7. The van der Waals surface area contributed by atoms with E-state index in [1.54, 1.807) is 0 Å². The van der Waals surface area contributed by atoms with E-state index in [-0.39, 0.29) is 24.1 Å². The van der Waals surface area contributed by atoms with Gasteiger partial charge < -0.3 is 15.2 Å². The Hall–Kier alpha value is -1.54. The van der Waals surface area contributed by atoms with E-state index >= 15 is 0 Å². The Morgan fingerprint density at radius 1 is 1.62 bits per heavy atom. The molecule has 2 rings (SSSR count). The number of pyridine rings is 1. The Morgan fingerprint density at radius 3 is 2.81 bits per heavy atom. The van der Waals surface area contributed by atoms with Gasteiger partial charge in [-0.2, -0.15) is 13.2 Å². The van der Waals surface area contributed by atoms with Crippen LogP contribution in [0.3, 0.4) is 0 Å². The lowest BCUT2D eigenvalue weighted by atomic mass is 9.85. The number of ether oxygens (including phenoxy) is 1. The first kappa shape index (κ1) is 15.8. The van der Waals surface area contributed by atoms with Crippen LogP contribution in [0.2, 0.25) is 5.02 Å². The lowest BCUT2D eigenvalue weighted by Crippen LogP contribution is -2.43. The highest BCUT2D eigenvalue weighted by molar-refractivity contribution is 6.33. The third-order valence-electron chi connectivity index (χ3n) is 3.42. The van der Waals surface area contributed by atoms with Crippen molar-refractivity contribution in [2.75, 3.05) is 18.5 Å². The third-order valence-corrected chi connectivity index (χ3v) is 3.71. The number of rotatable bonds is 3. The maximum absolute atomic E-state index is 12.5. The number of nitrogens with one attached hydrogen (secondary N) is 1. The second-order valence-corrected chi connectivity index (χ2v) is 5.39. The predicted octanol–water partition coefficient (Wildman–Crippen LogP) is 2.66. The Labute approximate surface area is 123 Å². The minimum Gasteiger partial charge on any atom is -0.481 e. The Balaban J connectivity index is 2.23. The third kappa shape index (κ3) is 3.06. The maximum atomic E-state index is 12.5. The van der Waals surface area contributed by atoms with E-state index < -0.39 is 29.2 Å². The molecule has 0 aromatic carbocycles. The molecular formula is C12H12ClF3N2O3. The second-order valence-electron chi connectivity index (χ2n) is 4.99. The first-order chi connectivity index (χ1) is 9.64. The van der Waals surface area contributed by atoms with Crippen molar-refractivity contribution in [1.82, 2.24) is 4.98 Å². The van der Waals surface area contributed by atoms with Crippen LogP contribution >= 0.6 is 11.6 Å². The van der Waals surface area contributed by atoms with Gasteiger partial charge in [0.05, 0.1) is 29.8 Å². The van der Waals surface area contributed by atoms with Crippen molar-refractivity contribution in [3.05, 3.63) is 22.8 Å². The lowest BCUT2D eigenvalue weighted by molar-refractivity contribution is -0.148. The molecule has 0 radical (unpaired) electrons. The van der Waals surface area contributed by atoms with Gasteiger partial charge in [0, 0.05) is 6.20 Å². The lowest BCUT2D eigenvalue weighted by Gasteiger charge is -2.26. The zero-order chi connectivity index (χ0) is 15.8. The summed E-state index contributed by atoms with van der Waals surface area (Å²) in [5, 5.41) is 11.7. The summed E-state index contributed by atoms with van der Waals surface area (Å²) >= 11 is 5.77. The molecule has 116 valence electrons. The highest BCUT2D eigenvalue weighted by Crippen LogP contribution is 2.35. The molecule has 0 bridgehead atoms. The van der Waals surface area contributed by atoms with Crippen LogP contribution in [0.25, 0.3) is 0 Å². The van der Waals surface area contributed by atoms with E-state index in [2.05, 4.69) is 10.3 Å². The Kier molecular flexibility index (Phi) is 4.03. The van der Waals surface area contributed by atoms with Gasteiger partial charge in [0.15, 0.2) is 0 Å². The number of carboxylic acids is 1. The van der Waals surface area contributed by atoms with Crippen LogP contribution in [0, 0.1) is 5.41 Å². The van der Waals surface area contributed by atoms with Gasteiger partial charge in [0.2, 0.25) is 0 Å². The van der Waals surface area contributed by atoms with Gasteiger partial charge in [-0.3, -0.25) is 4.79 Å². The van der Waals surface area contributed by atoms with Crippen LogP contribution in [0.1, 0.15) is 12.5 Å². The fraction of sp³-hybridized carbons (Fsp3) is 0.500. The number of carbonyl (C=O) groups is 1. The maximum Gasteiger partial charge on any atom is 0.417 e. The summed E-state index contributed by atoms with van der Waals surface area (Å²) in [6, 6.07) is 0.0990. The van der Waals surface area contributed by atoms with Crippen molar-refractivity contribution in [3.63, 3.8) is 0 Å². The molecule has 21 heavy (non-hydrogen) atoms. The summed E-state index contributed by atoms with van der Waals surface area (Å²) in [5.74, 6) is -1.08. The van der Waals surface area contributed by atoms with Crippen LogP contribution in [0.5, 0.6) is 0 Å². The SMILES string of the molecule is CC1(C(=O)O)COCC1Nc1ncc(C(F)(F)F)cc1Cl. The molecule has 9 heteroatoms. The van der Waals surface area contributed by atoms with Gasteiger partial charge in [0.25, 0.3) is 0 Å². The number of anilines is 1. The number of alkyl halides is 3. The fourth-order valence-electron chi connectivity index (χ4n) is 1.95. The number of aromatic nitrogens is 1. The predicted molar refractivity (Wildman–Crippen MR) is 68.2 cm³/mol. The molecule has 0 aliphatic carbocycles.